The molecule has 1 amide bonds. The second-order valence-corrected chi connectivity index (χ2v) is 13.2. The second kappa shape index (κ2) is 12.9. The molecular weight excluding hydrogens is 518 g/mol. The van der Waals surface area contributed by atoms with Gasteiger partial charge in [-0.1, -0.05) is 13.8 Å². The number of hydrogen-bond donors (Lipinski definition) is 3. The Balaban J connectivity index is 1.22. The molecule has 11 heteroatoms. The monoisotopic (exact) mass is 559 g/mol. The molecule has 3 N–H and O–H groups in total. The Morgan fingerprint density at radius 2 is 2.08 bits per heavy atom. The number of pyridine rings is 1. The zero-order chi connectivity index (χ0) is 26.5. The minimum absolute atomic E-state index is 0.0466. The van der Waals surface area contributed by atoms with Crippen LogP contribution < -0.4 is 20.7 Å². The number of likely N-dealkylation sites (tertiary alicyclic amines) is 1. The molecule has 9 nitrogen and oxygen atoms in total. The number of rotatable bonds is 8. The molecule has 2 aromatic rings. The maximum atomic E-state index is 12.3. The molecule has 208 valence electrons. The van der Waals surface area contributed by atoms with Crippen molar-refractivity contribution in [2.45, 2.75) is 88.1 Å². The van der Waals surface area contributed by atoms with Crippen molar-refractivity contribution in [3.8, 4) is 5.75 Å². The Labute approximate surface area is 234 Å². The van der Waals surface area contributed by atoms with Gasteiger partial charge >= 0.3 is 0 Å². The number of piperidine rings is 3. The van der Waals surface area contributed by atoms with E-state index in [1.165, 1.54) is 30.8 Å². The van der Waals surface area contributed by atoms with Crippen LogP contribution in [0.4, 0.5) is 5.13 Å². The van der Waals surface area contributed by atoms with Crippen LogP contribution in [0.2, 0.25) is 0 Å². The van der Waals surface area contributed by atoms with Gasteiger partial charge in [0.25, 0.3) is 0 Å². The van der Waals surface area contributed by atoms with Crippen molar-refractivity contribution in [2.75, 3.05) is 31.5 Å². The van der Waals surface area contributed by atoms with E-state index < -0.39 is 0 Å². The number of nitrogens with one attached hydrogen (secondary N) is 3. The van der Waals surface area contributed by atoms with Gasteiger partial charge < -0.3 is 20.3 Å². The molecule has 5 rings (SSSR count). The van der Waals surface area contributed by atoms with E-state index >= 15 is 0 Å². The third-order valence-electron chi connectivity index (χ3n) is 7.68. The topological polar surface area (TPSA) is 104 Å². The highest BCUT2D eigenvalue weighted by molar-refractivity contribution is 8.00. The fourth-order valence-corrected chi connectivity index (χ4v) is 7.63. The van der Waals surface area contributed by atoms with Gasteiger partial charge in [-0.25, -0.2) is 4.98 Å². The Hall–Kier alpha value is -1.95. The Bertz CT molecular complexity index is 1050. The standard InChI is InChI=1S/C27H41N7O2S2/c1-17(2)26(35)34-13-9-19(10-14-34)24-31-27(38-33-24)32-25-22(36-21-7-6-12-28-18(21)3)15-20(16-30-25)37-23-8-4-5-11-29-23/h6-7,12,17,19-20,22-23,25,29-30H,4-5,8-11,13-16H2,1-3H3,(H,31,32,33). The van der Waals surface area contributed by atoms with Crippen molar-refractivity contribution in [3.05, 3.63) is 29.8 Å². The van der Waals surface area contributed by atoms with Crippen LogP contribution in [0.25, 0.3) is 0 Å². The van der Waals surface area contributed by atoms with Crippen molar-refractivity contribution in [2.24, 2.45) is 5.92 Å². The van der Waals surface area contributed by atoms with Gasteiger partial charge in [-0.3, -0.25) is 15.1 Å². The summed E-state index contributed by atoms with van der Waals surface area (Å²) in [5, 5.41) is 12.8. The van der Waals surface area contributed by atoms with Gasteiger partial charge in [0.15, 0.2) is 0 Å². The SMILES string of the molecule is Cc1ncccc1OC1CC(SC2CCCCN2)CNC1Nc1nc(C2CCN(C(=O)C(C)C)CC2)ns1. The summed E-state index contributed by atoms with van der Waals surface area (Å²) in [6.07, 6.45) is 8.24. The molecule has 0 aromatic carbocycles. The predicted octanol–water partition coefficient (Wildman–Crippen LogP) is 3.98. The van der Waals surface area contributed by atoms with Crippen LogP contribution in [-0.2, 0) is 4.79 Å². The average Bonchev–Trinajstić information content (AvgIpc) is 3.40. The van der Waals surface area contributed by atoms with Crippen LogP contribution in [0.15, 0.2) is 18.3 Å². The zero-order valence-electron chi connectivity index (χ0n) is 22.7. The van der Waals surface area contributed by atoms with Gasteiger partial charge in [0.05, 0.1) is 11.1 Å². The van der Waals surface area contributed by atoms with Crippen molar-refractivity contribution in [1.82, 2.24) is 29.9 Å². The van der Waals surface area contributed by atoms with E-state index in [9.17, 15) is 4.79 Å². The molecule has 4 atom stereocenters. The highest BCUT2D eigenvalue weighted by Gasteiger charge is 2.35. The van der Waals surface area contributed by atoms with Crippen molar-refractivity contribution in [1.29, 1.82) is 0 Å². The molecule has 0 bridgehead atoms. The van der Waals surface area contributed by atoms with Crippen molar-refractivity contribution < 1.29 is 9.53 Å². The number of thioether (sulfide) groups is 1. The number of ether oxygens (including phenoxy) is 1. The lowest BCUT2D eigenvalue weighted by Gasteiger charge is -2.38. The predicted molar refractivity (Wildman–Crippen MR) is 154 cm³/mol. The summed E-state index contributed by atoms with van der Waals surface area (Å²) >= 11 is 3.46. The minimum Gasteiger partial charge on any atom is -0.485 e. The lowest BCUT2D eigenvalue weighted by atomic mass is 9.95. The Morgan fingerprint density at radius 1 is 1.24 bits per heavy atom. The fourth-order valence-electron chi connectivity index (χ4n) is 5.47. The van der Waals surface area contributed by atoms with Crippen LogP contribution in [0, 0.1) is 12.8 Å². The molecule has 2 aromatic heterocycles. The first-order chi connectivity index (χ1) is 18.5. The lowest BCUT2D eigenvalue weighted by Crippen LogP contribution is -2.56. The minimum atomic E-state index is -0.0721. The van der Waals surface area contributed by atoms with Gasteiger partial charge in [-0.2, -0.15) is 4.37 Å². The van der Waals surface area contributed by atoms with Gasteiger partial charge in [0, 0.05) is 60.9 Å². The van der Waals surface area contributed by atoms with Crippen LogP contribution >= 0.6 is 23.3 Å². The van der Waals surface area contributed by atoms with E-state index in [1.807, 2.05) is 49.6 Å². The molecule has 38 heavy (non-hydrogen) atoms. The number of aryl methyl sites for hydroxylation is 1. The zero-order valence-corrected chi connectivity index (χ0v) is 24.3. The maximum Gasteiger partial charge on any atom is 0.225 e. The average molecular weight is 560 g/mol. The number of carbonyl (C=O) groups excluding carboxylic acids is 1. The van der Waals surface area contributed by atoms with Gasteiger partial charge in [0.2, 0.25) is 11.0 Å². The first-order valence-corrected chi connectivity index (χ1v) is 15.8. The first kappa shape index (κ1) is 27.6. The van der Waals surface area contributed by atoms with Crippen LogP contribution in [-0.4, -0.2) is 74.2 Å². The first-order valence-electron chi connectivity index (χ1n) is 14.1. The molecule has 3 aliphatic heterocycles. The van der Waals surface area contributed by atoms with E-state index in [0.29, 0.717) is 16.5 Å². The van der Waals surface area contributed by atoms with Crippen molar-refractivity contribution >= 4 is 34.3 Å². The third kappa shape index (κ3) is 6.97. The maximum absolute atomic E-state index is 12.3. The summed E-state index contributed by atoms with van der Waals surface area (Å²) in [5.74, 6) is 2.30. The molecule has 0 spiro atoms. The van der Waals surface area contributed by atoms with Crippen LogP contribution in [0.1, 0.15) is 69.8 Å². The van der Waals surface area contributed by atoms with Crippen LogP contribution in [0.5, 0.6) is 5.75 Å². The summed E-state index contributed by atoms with van der Waals surface area (Å²) in [7, 11) is 0. The molecule has 4 unspecified atom stereocenters. The summed E-state index contributed by atoms with van der Waals surface area (Å²) < 4.78 is 11.3. The third-order valence-corrected chi connectivity index (χ3v) is 9.81. The van der Waals surface area contributed by atoms with E-state index in [4.69, 9.17) is 14.1 Å². The largest absolute Gasteiger partial charge is 0.485 e. The lowest BCUT2D eigenvalue weighted by molar-refractivity contribution is -0.135. The van der Waals surface area contributed by atoms with E-state index in [2.05, 4.69) is 20.9 Å². The fraction of sp³-hybridized carbons (Fsp3) is 0.704. The van der Waals surface area contributed by atoms with Gasteiger partial charge in [0.1, 0.15) is 23.8 Å². The molecule has 0 radical (unpaired) electrons. The van der Waals surface area contributed by atoms with E-state index in [-0.39, 0.29) is 24.1 Å². The second-order valence-electron chi connectivity index (χ2n) is 10.9. The van der Waals surface area contributed by atoms with E-state index in [1.54, 1.807) is 6.20 Å². The summed E-state index contributed by atoms with van der Waals surface area (Å²) in [6.45, 7) is 9.52. The molecule has 3 aliphatic rings. The summed E-state index contributed by atoms with van der Waals surface area (Å²) in [5.41, 5.74) is 0.899. The molecular formula is C27H41N7O2S2. The molecule has 3 saturated heterocycles. The Morgan fingerprint density at radius 3 is 2.82 bits per heavy atom. The number of anilines is 1. The molecule has 3 fully saturated rings. The number of aromatic nitrogens is 3. The molecule has 0 aliphatic carbocycles. The Kier molecular flexibility index (Phi) is 9.40. The highest BCUT2D eigenvalue weighted by Crippen LogP contribution is 2.32. The smallest absolute Gasteiger partial charge is 0.225 e. The van der Waals surface area contributed by atoms with Crippen LogP contribution in [0.3, 0.4) is 0 Å². The highest BCUT2D eigenvalue weighted by atomic mass is 32.2. The molecule has 0 saturated carbocycles. The number of carbonyl (C=O) groups is 1. The molecule has 5 heterocycles. The summed E-state index contributed by atoms with van der Waals surface area (Å²) in [6, 6.07) is 3.93. The van der Waals surface area contributed by atoms with Gasteiger partial charge in [-0.15, -0.1) is 11.8 Å². The van der Waals surface area contributed by atoms with Crippen molar-refractivity contribution in [3.63, 3.8) is 0 Å². The number of hydrogen-bond acceptors (Lipinski definition) is 10. The van der Waals surface area contributed by atoms with Gasteiger partial charge in [-0.05, 0) is 57.7 Å². The number of nitrogens with zero attached hydrogens (tertiary/aromatic N) is 4. The van der Waals surface area contributed by atoms with E-state index in [0.717, 1.165) is 67.8 Å². The summed E-state index contributed by atoms with van der Waals surface area (Å²) in [4.78, 5) is 23.6. The normalized spacial score (nSPS) is 26.9. The quantitative estimate of drug-likeness (QED) is 0.443. The number of amides is 1.